The van der Waals surface area contributed by atoms with Gasteiger partial charge in [-0.05, 0) is 38.1 Å². The minimum Gasteiger partial charge on any atom is -0.464 e. The highest BCUT2D eigenvalue weighted by molar-refractivity contribution is 6.33. The van der Waals surface area contributed by atoms with Crippen LogP contribution in [0.1, 0.15) is 34.8 Å². The minimum atomic E-state index is -0.387. The molecule has 6 heteroatoms. The number of hydrogen-bond acceptors (Lipinski definition) is 3. The summed E-state index contributed by atoms with van der Waals surface area (Å²) in [4.78, 5) is 23.8. The van der Waals surface area contributed by atoms with Gasteiger partial charge in [-0.15, -0.1) is 0 Å². The highest BCUT2D eigenvalue weighted by atomic mass is 35.5. The Morgan fingerprint density at radius 2 is 1.95 bits per heavy atom. The van der Waals surface area contributed by atoms with E-state index in [0.29, 0.717) is 16.3 Å². The molecule has 1 aromatic heterocycles. The van der Waals surface area contributed by atoms with Crippen molar-refractivity contribution in [2.24, 2.45) is 0 Å². The van der Waals surface area contributed by atoms with E-state index in [1.165, 1.54) is 0 Å². The number of carbonyl (C=O) groups is 2. The van der Waals surface area contributed by atoms with Crippen LogP contribution >= 0.6 is 11.6 Å². The van der Waals surface area contributed by atoms with Gasteiger partial charge in [0.15, 0.2) is 0 Å². The van der Waals surface area contributed by atoms with Gasteiger partial charge >= 0.3 is 0 Å². The van der Waals surface area contributed by atoms with Crippen LogP contribution in [0.25, 0.3) is 0 Å². The lowest BCUT2D eigenvalue weighted by Crippen LogP contribution is -2.38. The Balaban J connectivity index is 1.85. The van der Waals surface area contributed by atoms with Crippen LogP contribution in [0.4, 0.5) is 0 Å². The third kappa shape index (κ3) is 4.11. The van der Waals surface area contributed by atoms with E-state index in [9.17, 15) is 9.59 Å². The Hall–Kier alpha value is -2.27. The Bertz CT molecular complexity index is 682. The molecule has 0 aliphatic rings. The van der Waals surface area contributed by atoms with Crippen LogP contribution in [0.3, 0.4) is 0 Å². The molecule has 22 heavy (non-hydrogen) atoms. The largest absolute Gasteiger partial charge is 0.464 e. The fourth-order valence-corrected chi connectivity index (χ4v) is 2.17. The third-order valence-corrected chi connectivity index (χ3v) is 3.42. The average Bonchev–Trinajstić information content (AvgIpc) is 2.92. The highest BCUT2D eigenvalue weighted by Gasteiger charge is 2.14. The monoisotopic (exact) mass is 320 g/mol. The molecule has 1 atom stereocenters. The fraction of sp³-hybridized carbons (Fsp3) is 0.250. The summed E-state index contributed by atoms with van der Waals surface area (Å²) in [6, 6.07) is 10.0. The molecule has 0 aliphatic carbocycles. The Morgan fingerprint density at radius 3 is 2.59 bits per heavy atom. The van der Waals surface area contributed by atoms with Crippen molar-refractivity contribution in [1.82, 2.24) is 10.6 Å². The van der Waals surface area contributed by atoms with Gasteiger partial charge in [0, 0.05) is 0 Å². The molecule has 2 N–H and O–H groups in total. The number of hydrogen-bond donors (Lipinski definition) is 2. The maximum Gasteiger partial charge on any atom is 0.253 e. The lowest BCUT2D eigenvalue weighted by atomic mass is 10.2. The zero-order chi connectivity index (χ0) is 16.1. The quantitative estimate of drug-likeness (QED) is 0.890. The average molecular weight is 321 g/mol. The third-order valence-electron chi connectivity index (χ3n) is 3.09. The molecule has 1 unspecified atom stereocenters. The molecule has 116 valence electrons. The summed E-state index contributed by atoms with van der Waals surface area (Å²) in [5.41, 5.74) is 0.340. The van der Waals surface area contributed by atoms with Crippen LogP contribution in [0, 0.1) is 6.92 Å². The van der Waals surface area contributed by atoms with Crippen LogP contribution in [0.2, 0.25) is 5.02 Å². The molecule has 1 heterocycles. The first-order chi connectivity index (χ1) is 10.5. The lowest BCUT2D eigenvalue weighted by molar-refractivity contribution is -0.120. The second-order valence-corrected chi connectivity index (χ2v) is 5.31. The van der Waals surface area contributed by atoms with Crippen LogP contribution in [-0.2, 0) is 4.79 Å². The Kier molecular flexibility index (Phi) is 5.22. The summed E-state index contributed by atoms with van der Waals surface area (Å²) in [7, 11) is 0. The van der Waals surface area contributed by atoms with E-state index in [2.05, 4.69) is 10.6 Å². The maximum atomic E-state index is 11.9. The van der Waals surface area contributed by atoms with E-state index in [1.54, 1.807) is 24.3 Å². The van der Waals surface area contributed by atoms with Crippen molar-refractivity contribution in [2.45, 2.75) is 19.9 Å². The zero-order valence-electron chi connectivity index (χ0n) is 12.4. The molecular weight excluding hydrogens is 304 g/mol. The molecule has 2 aromatic rings. The normalized spacial score (nSPS) is 11.8. The second-order valence-electron chi connectivity index (χ2n) is 4.90. The van der Waals surface area contributed by atoms with Gasteiger partial charge in [0.1, 0.15) is 11.5 Å². The molecule has 2 amide bonds. The summed E-state index contributed by atoms with van der Waals surface area (Å²) in [6.07, 6.45) is 0. The number of benzene rings is 1. The van der Waals surface area contributed by atoms with Crippen LogP contribution in [0.15, 0.2) is 40.8 Å². The Labute approximate surface area is 133 Å². The van der Waals surface area contributed by atoms with E-state index in [-0.39, 0.29) is 24.4 Å². The zero-order valence-corrected chi connectivity index (χ0v) is 13.1. The minimum absolute atomic E-state index is 0.131. The van der Waals surface area contributed by atoms with Crippen molar-refractivity contribution >= 4 is 23.4 Å². The molecule has 1 aromatic carbocycles. The molecule has 0 bridgehead atoms. The van der Waals surface area contributed by atoms with Crippen molar-refractivity contribution in [3.05, 3.63) is 58.5 Å². The second kappa shape index (κ2) is 7.13. The summed E-state index contributed by atoms with van der Waals surface area (Å²) >= 11 is 5.93. The van der Waals surface area contributed by atoms with Crippen molar-refractivity contribution in [3.8, 4) is 0 Å². The van der Waals surface area contributed by atoms with Crippen molar-refractivity contribution in [1.29, 1.82) is 0 Å². The standard InChI is InChI=1S/C16H17ClN2O3/c1-10-7-8-14(22-10)11(2)19-15(20)9-18-16(21)12-5-3-4-6-13(12)17/h3-8,11H,9H2,1-2H3,(H,18,21)(H,19,20). The van der Waals surface area contributed by atoms with Gasteiger partial charge < -0.3 is 15.1 Å². The van der Waals surface area contributed by atoms with Gasteiger partial charge in [-0.1, -0.05) is 23.7 Å². The predicted molar refractivity (Wildman–Crippen MR) is 83.8 cm³/mol. The molecule has 0 radical (unpaired) electrons. The summed E-state index contributed by atoms with van der Waals surface area (Å²) < 4.78 is 5.44. The molecule has 0 saturated carbocycles. The number of rotatable bonds is 5. The number of carbonyl (C=O) groups excluding carboxylic acids is 2. The van der Waals surface area contributed by atoms with Gasteiger partial charge in [0.25, 0.3) is 5.91 Å². The first-order valence-electron chi connectivity index (χ1n) is 6.86. The van der Waals surface area contributed by atoms with Gasteiger partial charge in [-0.2, -0.15) is 0 Å². The molecule has 2 rings (SSSR count). The van der Waals surface area contributed by atoms with E-state index in [4.69, 9.17) is 16.0 Å². The van der Waals surface area contributed by atoms with E-state index >= 15 is 0 Å². The van der Waals surface area contributed by atoms with Gasteiger partial charge in [0.2, 0.25) is 5.91 Å². The van der Waals surface area contributed by atoms with Crippen LogP contribution < -0.4 is 10.6 Å². The lowest BCUT2D eigenvalue weighted by Gasteiger charge is -2.12. The summed E-state index contributed by atoms with van der Waals surface area (Å²) in [5.74, 6) is 0.760. The van der Waals surface area contributed by atoms with Crippen molar-refractivity contribution < 1.29 is 14.0 Å². The van der Waals surface area contributed by atoms with Crippen molar-refractivity contribution in [3.63, 3.8) is 0 Å². The Morgan fingerprint density at radius 1 is 1.23 bits per heavy atom. The van der Waals surface area contributed by atoms with E-state index < -0.39 is 0 Å². The van der Waals surface area contributed by atoms with Crippen molar-refractivity contribution in [2.75, 3.05) is 6.54 Å². The number of halogens is 1. The molecule has 0 fully saturated rings. The highest BCUT2D eigenvalue weighted by Crippen LogP contribution is 2.16. The first-order valence-corrected chi connectivity index (χ1v) is 7.23. The SMILES string of the molecule is Cc1ccc(C(C)NC(=O)CNC(=O)c2ccccc2Cl)o1. The topological polar surface area (TPSA) is 71.3 Å². The molecule has 0 aliphatic heterocycles. The van der Waals surface area contributed by atoms with E-state index in [0.717, 1.165) is 5.76 Å². The fourth-order valence-electron chi connectivity index (χ4n) is 1.95. The molecular formula is C16H17ClN2O3. The molecule has 0 saturated heterocycles. The maximum absolute atomic E-state index is 11.9. The smallest absolute Gasteiger partial charge is 0.253 e. The summed E-state index contributed by atoms with van der Waals surface area (Å²) in [5, 5.41) is 5.63. The number of amides is 2. The van der Waals surface area contributed by atoms with Crippen LogP contribution in [0.5, 0.6) is 0 Å². The van der Waals surface area contributed by atoms with Gasteiger partial charge in [-0.3, -0.25) is 9.59 Å². The predicted octanol–water partition coefficient (Wildman–Crippen LogP) is 2.85. The first kappa shape index (κ1) is 16.1. The summed E-state index contributed by atoms with van der Waals surface area (Å²) in [6.45, 7) is 3.52. The molecule has 0 spiro atoms. The van der Waals surface area contributed by atoms with Gasteiger partial charge in [0.05, 0.1) is 23.2 Å². The van der Waals surface area contributed by atoms with E-state index in [1.807, 2.05) is 26.0 Å². The van der Waals surface area contributed by atoms with Crippen LogP contribution in [-0.4, -0.2) is 18.4 Å². The molecule has 5 nitrogen and oxygen atoms in total. The number of aryl methyl sites for hydroxylation is 1. The van der Waals surface area contributed by atoms with Gasteiger partial charge in [-0.25, -0.2) is 0 Å². The number of nitrogens with one attached hydrogen (secondary N) is 2. The number of furan rings is 1.